The van der Waals surface area contributed by atoms with Crippen LogP contribution in [0.15, 0.2) is 48.5 Å². The van der Waals surface area contributed by atoms with Gasteiger partial charge in [-0.25, -0.2) is 13.6 Å². The summed E-state index contributed by atoms with van der Waals surface area (Å²) in [6.45, 7) is -1.91. The summed E-state index contributed by atoms with van der Waals surface area (Å²) in [6, 6.07) is 11.8. The van der Waals surface area contributed by atoms with E-state index in [1.165, 1.54) is 30.3 Å². The van der Waals surface area contributed by atoms with Crippen molar-refractivity contribution in [3.8, 4) is 11.5 Å². The van der Waals surface area contributed by atoms with Crippen LogP contribution in [0.2, 0.25) is 0 Å². The second kappa shape index (κ2) is 10.5. The first kappa shape index (κ1) is 22.3. The third-order valence-electron chi connectivity index (χ3n) is 3.48. The van der Waals surface area contributed by atoms with Crippen molar-refractivity contribution in [2.24, 2.45) is 0 Å². The lowest BCUT2D eigenvalue weighted by Crippen LogP contribution is -2.34. The fourth-order valence-electron chi connectivity index (χ4n) is 2.24. The Hall–Kier alpha value is -3.04. The Labute approximate surface area is 163 Å². The first-order chi connectivity index (χ1) is 13.7. The number of ether oxygens (including phenoxy) is 2. The van der Waals surface area contributed by atoms with E-state index in [-0.39, 0.29) is 24.6 Å². The number of hydrogen-bond acceptors (Lipinski definition) is 3. The zero-order valence-electron chi connectivity index (χ0n) is 15.1. The van der Waals surface area contributed by atoms with E-state index >= 15 is 0 Å². The molecule has 0 atom stereocenters. The molecule has 5 nitrogen and oxygen atoms in total. The molecule has 0 heterocycles. The predicted molar refractivity (Wildman–Crippen MR) is 95.0 cm³/mol. The maximum Gasteiger partial charge on any atom is 0.422 e. The summed E-state index contributed by atoms with van der Waals surface area (Å²) >= 11 is 0. The van der Waals surface area contributed by atoms with Gasteiger partial charge >= 0.3 is 12.2 Å². The molecule has 0 radical (unpaired) electrons. The quantitative estimate of drug-likeness (QED) is 0.598. The van der Waals surface area contributed by atoms with Gasteiger partial charge in [0.2, 0.25) is 0 Å². The van der Waals surface area contributed by atoms with E-state index in [0.717, 1.165) is 0 Å². The molecule has 0 saturated carbocycles. The lowest BCUT2D eigenvalue weighted by Gasteiger charge is -2.11. The van der Waals surface area contributed by atoms with Crippen molar-refractivity contribution in [2.75, 3.05) is 13.2 Å². The minimum Gasteiger partial charge on any atom is -0.488 e. The molecule has 0 bridgehead atoms. The third kappa shape index (κ3) is 9.13. The molecular formula is C19H19F5N2O3. The Morgan fingerprint density at radius 3 is 1.90 bits per heavy atom. The van der Waals surface area contributed by atoms with Crippen LogP contribution in [0.1, 0.15) is 11.1 Å². The second-order valence-corrected chi connectivity index (χ2v) is 5.94. The minimum atomic E-state index is -4.43. The Morgan fingerprint density at radius 2 is 1.41 bits per heavy atom. The molecule has 29 heavy (non-hydrogen) atoms. The summed E-state index contributed by atoms with van der Waals surface area (Å²) in [6.07, 6.45) is -7.02. The largest absolute Gasteiger partial charge is 0.488 e. The smallest absolute Gasteiger partial charge is 0.422 e. The molecule has 0 aromatic heterocycles. The number of rotatable bonds is 9. The van der Waals surface area contributed by atoms with E-state index in [4.69, 9.17) is 4.74 Å². The van der Waals surface area contributed by atoms with Crippen LogP contribution in [0.25, 0.3) is 0 Å². The van der Waals surface area contributed by atoms with Crippen molar-refractivity contribution in [2.45, 2.75) is 25.7 Å². The van der Waals surface area contributed by atoms with Gasteiger partial charge in [-0.05, 0) is 35.4 Å². The standard InChI is InChI=1S/C19H19F5N2O3/c20-17(21)11-28-15-5-1-3-13(7-15)9-25-18(27)26-10-14-4-2-6-16(8-14)29-12-19(22,23)24/h1-8,17H,9-12H2,(H2,25,26,27). The zero-order valence-corrected chi connectivity index (χ0v) is 15.1. The average Bonchev–Trinajstić information content (AvgIpc) is 2.68. The van der Waals surface area contributed by atoms with Crippen LogP contribution in [0.3, 0.4) is 0 Å². The first-order valence-electron chi connectivity index (χ1n) is 8.51. The fourth-order valence-corrected chi connectivity index (χ4v) is 2.24. The number of carbonyl (C=O) groups excluding carboxylic acids is 1. The highest BCUT2D eigenvalue weighted by molar-refractivity contribution is 5.73. The molecule has 2 amide bonds. The van der Waals surface area contributed by atoms with Gasteiger partial charge in [0.25, 0.3) is 6.43 Å². The van der Waals surface area contributed by atoms with E-state index in [1.807, 2.05) is 0 Å². The minimum absolute atomic E-state index is 0.0441. The van der Waals surface area contributed by atoms with Crippen molar-refractivity contribution < 1.29 is 36.2 Å². The highest BCUT2D eigenvalue weighted by Gasteiger charge is 2.28. The third-order valence-corrected chi connectivity index (χ3v) is 3.48. The van der Waals surface area contributed by atoms with E-state index in [1.54, 1.807) is 18.2 Å². The Bertz CT molecular complexity index is 799. The molecule has 2 aromatic rings. The number of amides is 2. The van der Waals surface area contributed by atoms with Gasteiger partial charge in [0, 0.05) is 13.1 Å². The molecule has 2 rings (SSSR count). The van der Waals surface area contributed by atoms with E-state index in [2.05, 4.69) is 15.4 Å². The molecule has 10 heteroatoms. The number of alkyl halides is 5. The van der Waals surface area contributed by atoms with Crippen molar-refractivity contribution >= 4 is 6.03 Å². The van der Waals surface area contributed by atoms with Gasteiger partial charge in [-0.1, -0.05) is 24.3 Å². The maximum absolute atomic E-state index is 12.2. The van der Waals surface area contributed by atoms with Gasteiger partial charge in [0.05, 0.1) is 0 Å². The van der Waals surface area contributed by atoms with Crippen LogP contribution in [-0.2, 0) is 13.1 Å². The molecule has 2 aromatic carbocycles. The summed E-state index contributed by atoms with van der Waals surface area (Å²) in [4.78, 5) is 11.9. The van der Waals surface area contributed by atoms with Crippen LogP contribution in [0.5, 0.6) is 11.5 Å². The summed E-state index contributed by atoms with van der Waals surface area (Å²) in [5.74, 6) is 0.309. The molecule has 0 aliphatic rings. The number of hydrogen-bond donors (Lipinski definition) is 2. The lowest BCUT2D eigenvalue weighted by atomic mass is 10.2. The summed E-state index contributed by atoms with van der Waals surface area (Å²) in [5, 5.41) is 5.15. The fraction of sp³-hybridized carbons (Fsp3) is 0.316. The van der Waals surface area contributed by atoms with Gasteiger partial charge in [-0.2, -0.15) is 13.2 Å². The number of benzene rings is 2. The van der Waals surface area contributed by atoms with Crippen molar-refractivity contribution in [1.82, 2.24) is 10.6 Å². The van der Waals surface area contributed by atoms with E-state index in [9.17, 15) is 26.7 Å². The second-order valence-electron chi connectivity index (χ2n) is 5.94. The SMILES string of the molecule is O=C(NCc1cccc(OCC(F)F)c1)NCc1cccc(OCC(F)(F)F)c1. The molecule has 0 saturated heterocycles. The number of nitrogens with one attached hydrogen (secondary N) is 2. The number of urea groups is 1. The normalized spacial score (nSPS) is 11.2. The Morgan fingerprint density at radius 1 is 0.897 bits per heavy atom. The topological polar surface area (TPSA) is 59.6 Å². The van der Waals surface area contributed by atoms with Gasteiger partial charge in [-0.15, -0.1) is 0 Å². The summed E-state index contributed by atoms with van der Waals surface area (Å²) in [5.41, 5.74) is 1.21. The van der Waals surface area contributed by atoms with Crippen molar-refractivity contribution in [3.63, 3.8) is 0 Å². The number of halogens is 5. The van der Waals surface area contributed by atoms with Crippen molar-refractivity contribution in [1.29, 1.82) is 0 Å². The van der Waals surface area contributed by atoms with Crippen LogP contribution < -0.4 is 20.1 Å². The summed E-state index contributed by atoms with van der Waals surface area (Å²) < 4.78 is 70.5. The predicted octanol–water partition coefficient (Wildman–Crippen LogP) is 4.27. The Kier molecular flexibility index (Phi) is 8.05. The molecule has 158 valence electrons. The van der Waals surface area contributed by atoms with Crippen LogP contribution in [-0.4, -0.2) is 31.8 Å². The average molecular weight is 418 g/mol. The van der Waals surface area contributed by atoms with Crippen LogP contribution >= 0.6 is 0 Å². The van der Waals surface area contributed by atoms with Crippen molar-refractivity contribution in [3.05, 3.63) is 59.7 Å². The molecule has 0 fully saturated rings. The van der Waals surface area contributed by atoms with E-state index < -0.39 is 31.8 Å². The summed E-state index contributed by atoms with van der Waals surface area (Å²) in [7, 11) is 0. The molecule has 0 unspecified atom stereocenters. The molecule has 0 aliphatic carbocycles. The van der Waals surface area contributed by atoms with E-state index in [0.29, 0.717) is 11.1 Å². The first-order valence-corrected chi connectivity index (χ1v) is 8.51. The van der Waals surface area contributed by atoms with Crippen LogP contribution in [0, 0.1) is 0 Å². The Balaban J connectivity index is 1.78. The zero-order chi connectivity index (χ0) is 21.3. The lowest BCUT2D eigenvalue weighted by molar-refractivity contribution is -0.153. The molecule has 0 spiro atoms. The highest BCUT2D eigenvalue weighted by Crippen LogP contribution is 2.19. The van der Waals surface area contributed by atoms with Gasteiger partial charge in [0.15, 0.2) is 6.61 Å². The van der Waals surface area contributed by atoms with Gasteiger partial charge in [0.1, 0.15) is 18.1 Å². The monoisotopic (exact) mass is 418 g/mol. The van der Waals surface area contributed by atoms with Crippen LogP contribution in [0.4, 0.5) is 26.7 Å². The van der Waals surface area contributed by atoms with Gasteiger partial charge < -0.3 is 20.1 Å². The molecular weight excluding hydrogens is 399 g/mol. The maximum atomic E-state index is 12.2. The molecule has 0 aliphatic heterocycles. The molecule has 2 N–H and O–H groups in total. The van der Waals surface area contributed by atoms with Gasteiger partial charge in [-0.3, -0.25) is 0 Å². The highest BCUT2D eigenvalue weighted by atomic mass is 19.4. The number of carbonyl (C=O) groups is 1.